The molecule has 1 amide bonds. The molecule has 0 atom stereocenters. The van der Waals surface area contributed by atoms with Crippen LogP contribution < -0.4 is 20.3 Å². The number of amides is 1. The van der Waals surface area contributed by atoms with Gasteiger partial charge in [-0.15, -0.1) is 0 Å². The van der Waals surface area contributed by atoms with Gasteiger partial charge in [0, 0.05) is 22.7 Å². The van der Waals surface area contributed by atoms with E-state index in [0.29, 0.717) is 27.9 Å². The first-order valence-corrected chi connectivity index (χ1v) is 13.9. The maximum Gasteiger partial charge on any atom is 0.315 e. The van der Waals surface area contributed by atoms with E-state index in [4.69, 9.17) is 13.9 Å². The van der Waals surface area contributed by atoms with Crippen molar-refractivity contribution in [1.82, 2.24) is 9.66 Å². The van der Waals surface area contributed by atoms with E-state index in [1.54, 1.807) is 73.7 Å². The summed E-state index contributed by atoms with van der Waals surface area (Å²) in [5.74, 6) is -0.230. The molecule has 6 aromatic rings. The SMILES string of the molecule is CCOc1cc(C=Nn2c(-c3cc4ccccc4o3)nc3ccccc3c2=O)cc([N+](=O)[O-])c1OCC(=O)Nc1ccccc1. The maximum atomic E-state index is 13.6. The van der Waals surface area contributed by atoms with Crippen LogP contribution in [-0.2, 0) is 4.79 Å². The highest BCUT2D eigenvalue weighted by Crippen LogP contribution is 2.38. The summed E-state index contributed by atoms with van der Waals surface area (Å²) in [5, 5.41) is 20.3. The molecule has 12 nitrogen and oxygen atoms in total. The van der Waals surface area contributed by atoms with Gasteiger partial charge in [0.15, 0.2) is 18.1 Å². The number of furan rings is 1. The van der Waals surface area contributed by atoms with E-state index in [0.717, 1.165) is 10.1 Å². The molecule has 0 unspecified atom stereocenters. The standard InChI is InChI=1S/C33H25N5O7/c1-2-43-28-17-21(16-26(38(41)42)31(28)44-20-30(39)35-23-11-4-3-5-12-23)19-34-37-32(29-18-22-10-6-9-15-27(22)45-29)36-25-14-8-7-13-24(25)33(37)40/h3-19H,2,20H2,1H3,(H,35,39). The third-order valence-corrected chi connectivity index (χ3v) is 6.68. The van der Waals surface area contributed by atoms with Gasteiger partial charge in [0.1, 0.15) is 5.58 Å². The molecular weight excluding hydrogens is 578 g/mol. The average Bonchev–Trinajstić information content (AvgIpc) is 3.48. The van der Waals surface area contributed by atoms with Crippen LogP contribution in [0, 0.1) is 10.1 Å². The number of nitro groups is 1. The molecule has 4 aromatic carbocycles. The topological polar surface area (TPSA) is 151 Å². The van der Waals surface area contributed by atoms with Crippen molar-refractivity contribution in [3.8, 4) is 23.1 Å². The van der Waals surface area contributed by atoms with Crippen LogP contribution in [0.3, 0.4) is 0 Å². The molecule has 0 aliphatic rings. The lowest BCUT2D eigenvalue weighted by Gasteiger charge is -2.13. The molecular formula is C33H25N5O7. The Balaban J connectivity index is 1.38. The first kappa shape index (κ1) is 28.8. The van der Waals surface area contributed by atoms with E-state index in [2.05, 4.69) is 15.4 Å². The number of ether oxygens (including phenoxy) is 2. The lowest BCUT2D eigenvalue weighted by Crippen LogP contribution is -2.21. The number of hydrogen-bond acceptors (Lipinski definition) is 9. The zero-order chi connectivity index (χ0) is 31.3. The van der Waals surface area contributed by atoms with Gasteiger partial charge in [0.05, 0.1) is 28.6 Å². The summed E-state index contributed by atoms with van der Waals surface area (Å²) in [6, 6.07) is 27.4. The Morgan fingerprint density at radius 2 is 1.78 bits per heavy atom. The van der Waals surface area contributed by atoms with E-state index in [-0.39, 0.29) is 29.5 Å². The van der Waals surface area contributed by atoms with Gasteiger partial charge in [0.25, 0.3) is 11.5 Å². The van der Waals surface area contributed by atoms with Gasteiger partial charge < -0.3 is 19.2 Å². The number of fused-ring (bicyclic) bond motifs is 2. The van der Waals surface area contributed by atoms with Gasteiger partial charge in [-0.25, -0.2) is 4.98 Å². The Kier molecular flexibility index (Phi) is 8.01. The summed E-state index contributed by atoms with van der Waals surface area (Å²) < 4.78 is 18.4. The number of hydrogen-bond donors (Lipinski definition) is 1. The number of benzene rings is 4. The van der Waals surface area contributed by atoms with Gasteiger partial charge in [-0.05, 0) is 49.4 Å². The van der Waals surface area contributed by atoms with Crippen LogP contribution in [0.5, 0.6) is 11.5 Å². The lowest BCUT2D eigenvalue weighted by atomic mass is 10.2. The average molecular weight is 604 g/mol. The quantitative estimate of drug-likeness (QED) is 0.113. The molecule has 45 heavy (non-hydrogen) atoms. The Labute approximate surface area is 255 Å². The van der Waals surface area contributed by atoms with E-state index in [1.165, 1.54) is 18.3 Å². The highest BCUT2D eigenvalue weighted by molar-refractivity contribution is 5.92. The molecule has 224 valence electrons. The van der Waals surface area contributed by atoms with Crippen molar-refractivity contribution < 1.29 is 23.6 Å². The van der Waals surface area contributed by atoms with Gasteiger partial charge in [-0.3, -0.25) is 19.7 Å². The zero-order valence-corrected chi connectivity index (χ0v) is 23.9. The summed E-state index contributed by atoms with van der Waals surface area (Å²) in [4.78, 5) is 42.2. The Bertz CT molecular complexity index is 2100. The number of aromatic nitrogens is 2. The van der Waals surface area contributed by atoms with Crippen LogP contribution in [0.4, 0.5) is 11.4 Å². The number of carbonyl (C=O) groups excluding carboxylic acids is 1. The summed E-state index contributed by atoms with van der Waals surface area (Å²) in [6.07, 6.45) is 1.28. The monoisotopic (exact) mass is 603 g/mol. The van der Waals surface area contributed by atoms with Crippen molar-refractivity contribution >= 4 is 45.4 Å². The molecule has 1 N–H and O–H groups in total. The summed E-state index contributed by atoms with van der Waals surface area (Å²) >= 11 is 0. The van der Waals surface area contributed by atoms with Crippen LogP contribution in [-0.4, -0.2) is 39.9 Å². The van der Waals surface area contributed by atoms with Crippen LogP contribution in [0.1, 0.15) is 12.5 Å². The minimum Gasteiger partial charge on any atom is -0.490 e. The molecule has 2 aromatic heterocycles. The third-order valence-electron chi connectivity index (χ3n) is 6.68. The predicted octanol–water partition coefficient (Wildman–Crippen LogP) is 6.02. The number of anilines is 1. The molecule has 0 fully saturated rings. The Morgan fingerprint density at radius 3 is 2.56 bits per heavy atom. The fourth-order valence-corrected chi connectivity index (χ4v) is 4.69. The summed E-state index contributed by atoms with van der Waals surface area (Å²) in [5.41, 5.74) is 0.944. The highest BCUT2D eigenvalue weighted by Gasteiger charge is 2.24. The molecule has 0 saturated carbocycles. The van der Waals surface area contributed by atoms with E-state index < -0.39 is 28.7 Å². The first-order valence-electron chi connectivity index (χ1n) is 13.9. The number of nitrogens with one attached hydrogen (secondary N) is 1. The lowest BCUT2D eigenvalue weighted by molar-refractivity contribution is -0.385. The predicted molar refractivity (Wildman–Crippen MR) is 169 cm³/mol. The number of nitro benzene ring substituents is 1. The van der Waals surface area contributed by atoms with Crippen LogP contribution >= 0.6 is 0 Å². The normalized spacial score (nSPS) is 11.2. The molecule has 0 saturated heterocycles. The second kappa shape index (κ2) is 12.5. The fourth-order valence-electron chi connectivity index (χ4n) is 4.69. The fraction of sp³-hybridized carbons (Fsp3) is 0.0909. The van der Waals surface area contributed by atoms with E-state index in [1.807, 2.05) is 18.2 Å². The van der Waals surface area contributed by atoms with Gasteiger partial charge >= 0.3 is 5.69 Å². The zero-order valence-electron chi connectivity index (χ0n) is 23.9. The largest absolute Gasteiger partial charge is 0.490 e. The molecule has 0 aliphatic heterocycles. The second-order valence-corrected chi connectivity index (χ2v) is 9.72. The van der Waals surface area contributed by atoms with Gasteiger partial charge in [-0.2, -0.15) is 9.78 Å². The van der Waals surface area contributed by atoms with Crippen LogP contribution in [0.15, 0.2) is 111 Å². The van der Waals surface area contributed by atoms with Crippen molar-refractivity contribution in [2.45, 2.75) is 6.92 Å². The minimum atomic E-state index is -0.645. The van der Waals surface area contributed by atoms with Crippen molar-refractivity contribution in [3.05, 3.63) is 123 Å². The van der Waals surface area contributed by atoms with Gasteiger partial charge in [0.2, 0.25) is 11.6 Å². The number of rotatable bonds is 10. The molecule has 6 rings (SSSR count). The molecule has 2 heterocycles. The minimum absolute atomic E-state index is 0.0298. The number of para-hydroxylation sites is 3. The second-order valence-electron chi connectivity index (χ2n) is 9.72. The Morgan fingerprint density at radius 1 is 1.02 bits per heavy atom. The summed E-state index contributed by atoms with van der Waals surface area (Å²) in [7, 11) is 0. The van der Waals surface area contributed by atoms with Crippen molar-refractivity contribution in [3.63, 3.8) is 0 Å². The van der Waals surface area contributed by atoms with Crippen LogP contribution in [0.25, 0.3) is 33.5 Å². The Hall–Kier alpha value is -6.30. The summed E-state index contributed by atoms with van der Waals surface area (Å²) in [6.45, 7) is 1.37. The molecule has 0 bridgehead atoms. The van der Waals surface area contributed by atoms with E-state index in [9.17, 15) is 19.7 Å². The van der Waals surface area contributed by atoms with Crippen LogP contribution in [0.2, 0.25) is 0 Å². The van der Waals surface area contributed by atoms with E-state index >= 15 is 0 Å². The number of carbonyl (C=O) groups is 1. The molecule has 0 radical (unpaired) electrons. The van der Waals surface area contributed by atoms with Crippen molar-refractivity contribution in [2.75, 3.05) is 18.5 Å². The molecule has 0 spiro atoms. The first-order chi connectivity index (χ1) is 21.9. The molecule has 12 heteroatoms. The number of nitrogens with zero attached hydrogens (tertiary/aromatic N) is 4. The van der Waals surface area contributed by atoms with Crippen molar-refractivity contribution in [2.24, 2.45) is 5.10 Å². The third kappa shape index (κ3) is 6.11. The maximum absolute atomic E-state index is 13.6. The molecule has 0 aliphatic carbocycles. The highest BCUT2D eigenvalue weighted by atomic mass is 16.6. The van der Waals surface area contributed by atoms with Gasteiger partial charge in [-0.1, -0.05) is 48.5 Å². The van der Waals surface area contributed by atoms with Crippen molar-refractivity contribution in [1.29, 1.82) is 0 Å². The smallest absolute Gasteiger partial charge is 0.315 e.